The fraction of sp³-hybridized carbons (Fsp3) is 0.333. The molecule has 2 N–H and O–H groups in total. The average molecular weight is 329 g/mol. The summed E-state index contributed by atoms with van der Waals surface area (Å²) in [4.78, 5) is 7.52. The zero-order valence-corrected chi connectivity index (χ0v) is 16.6. The molecule has 0 heterocycles. The molecule has 0 fully saturated rings. The first-order valence-corrected chi connectivity index (χ1v) is 14.9. The van der Waals surface area contributed by atoms with Crippen molar-refractivity contribution in [1.29, 1.82) is 0 Å². The Bertz CT molecular complexity index is 583. The number of nitrogens with one attached hydrogen (secondary N) is 2. The van der Waals surface area contributed by atoms with Crippen LogP contribution in [0.3, 0.4) is 0 Å². The van der Waals surface area contributed by atoms with Crippen molar-refractivity contribution in [2.24, 2.45) is 0 Å². The van der Waals surface area contributed by atoms with Crippen LogP contribution in [-0.2, 0) is 0 Å². The second-order valence-corrected chi connectivity index (χ2v) is 17.3. The van der Waals surface area contributed by atoms with Crippen molar-refractivity contribution in [3.63, 3.8) is 0 Å². The summed E-state index contributed by atoms with van der Waals surface area (Å²) in [5, 5.41) is 0. The summed E-state index contributed by atoms with van der Waals surface area (Å²) in [5.41, 5.74) is 5.05. The second kappa shape index (κ2) is 6.30. The van der Waals surface area contributed by atoms with Crippen LogP contribution >= 0.6 is 0 Å². The highest BCUT2D eigenvalue weighted by atomic mass is 28.3. The van der Waals surface area contributed by atoms with Crippen LogP contribution in [0.2, 0.25) is 39.3 Å². The molecule has 2 aromatic rings. The van der Waals surface area contributed by atoms with Gasteiger partial charge in [-0.2, -0.15) is 0 Å². The van der Waals surface area contributed by atoms with E-state index in [0.29, 0.717) is 0 Å². The molecule has 0 aliphatic heterocycles. The lowest BCUT2D eigenvalue weighted by atomic mass is 10.0. The smallest absolute Gasteiger partial charge is 0.144 e. The fourth-order valence-electron chi connectivity index (χ4n) is 2.46. The van der Waals surface area contributed by atoms with Gasteiger partial charge in [0, 0.05) is 22.5 Å². The monoisotopic (exact) mass is 328 g/mol. The Labute approximate surface area is 137 Å². The minimum absolute atomic E-state index is 1.24. The van der Waals surface area contributed by atoms with E-state index in [0.717, 1.165) is 0 Å². The first-order valence-electron chi connectivity index (χ1n) is 7.90. The summed E-state index contributed by atoms with van der Waals surface area (Å²) in [7, 11) is -2.78. The van der Waals surface area contributed by atoms with Crippen LogP contribution in [0.15, 0.2) is 48.5 Å². The normalized spacial score (nSPS) is 12.1. The molecule has 2 rings (SSSR count). The first-order chi connectivity index (χ1) is 10.2. The van der Waals surface area contributed by atoms with Crippen LogP contribution in [0.1, 0.15) is 0 Å². The molecule has 0 aliphatic rings. The van der Waals surface area contributed by atoms with E-state index in [1.54, 1.807) is 0 Å². The van der Waals surface area contributed by atoms with Gasteiger partial charge in [-0.05, 0) is 12.1 Å². The quantitative estimate of drug-likeness (QED) is 0.673. The number of hydrogen-bond acceptors (Lipinski definition) is 2. The van der Waals surface area contributed by atoms with Gasteiger partial charge in [0.2, 0.25) is 0 Å². The minimum atomic E-state index is -1.39. The molecule has 0 atom stereocenters. The topological polar surface area (TPSA) is 24.1 Å². The summed E-state index contributed by atoms with van der Waals surface area (Å²) in [6, 6.07) is 17.3. The number of benzene rings is 2. The summed E-state index contributed by atoms with van der Waals surface area (Å²) in [6.07, 6.45) is 0. The molecule has 0 aliphatic carbocycles. The van der Waals surface area contributed by atoms with Gasteiger partial charge in [0.05, 0.1) is 0 Å². The lowest BCUT2D eigenvalue weighted by Crippen LogP contribution is -2.33. The number of para-hydroxylation sites is 2. The van der Waals surface area contributed by atoms with Crippen molar-refractivity contribution < 1.29 is 0 Å². The molecule has 0 unspecified atom stereocenters. The lowest BCUT2D eigenvalue weighted by molar-refractivity contribution is 1.53. The summed E-state index contributed by atoms with van der Waals surface area (Å²) >= 11 is 0. The van der Waals surface area contributed by atoms with Crippen molar-refractivity contribution in [2.75, 3.05) is 9.96 Å². The number of anilines is 2. The zero-order valence-electron chi connectivity index (χ0n) is 14.6. The van der Waals surface area contributed by atoms with Crippen molar-refractivity contribution in [3.05, 3.63) is 48.5 Å². The average Bonchev–Trinajstić information content (AvgIpc) is 2.36. The van der Waals surface area contributed by atoms with Gasteiger partial charge in [-0.15, -0.1) is 0 Å². The van der Waals surface area contributed by atoms with E-state index in [4.69, 9.17) is 0 Å². The maximum atomic E-state index is 3.76. The van der Waals surface area contributed by atoms with Gasteiger partial charge in [-0.1, -0.05) is 75.7 Å². The first kappa shape index (κ1) is 16.8. The van der Waals surface area contributed by atoms with Gasteiger partial charge < -0.3 is 9.96 Å². The van der Waals surface area contributed by atoms with E-state index >= 15 is 0 Å². The number of rotatable bonds is 5. The van der Waals surface area contributed by atoms with Gasteiger partial charge in [0.25, 0.3) is 0 Å². The van der Waals surface area contributed by atoms with Gasteiger partial charge in [-0.3, -0.25) is 0 Å². The minimum Gasteiger partial charge on any atom is -0.410 e. The molecule has 22 heavy (non-hydrogen) atoms. The Balaban J connectivity index is 2.49. The Kier molecular flexibility index (Phi) is 4.82. The zero-order chi connectivity index (χ0) is 16.4. The molecule has 2 aromatic carbocycles. The highest BCUT2D eigenvalue weighted by Crippen LogP contribution is 2.35. The van der Waals surface area contributed by atoms with Crippen LogP contribution in [-0.4, -0.2) is 16.5 Å². The molecule has 0 saturated carbocycles. The summed E-state index contributed by atoms with van der Waals surface area (Å²) in [5.74, 6) is 0. The van der Waals surface area contributed by atoms with Crippen molar-refractivity contribution in [1.82, 2.24) is 0 Å². The maximum absolute atomic E-state index is 3.76. The molecular formula is C18H28N2Si2. The third-order valence-corrected chi connectivity index (χ3v) is 5.20. The van der Waals surface area contributed by atoms with Gasteiger partial charge in [0.15, 0.2) is 0 Å². The number of hydrogen-bond donors (Lipinski definition) is 2. The van der Waals surface area contributed by atoms with Crippen LogP contribution in [0.4, 0.5) is 11.4 Å². The third-order valence-electron chi connectivity index (χ3n) is 3.16. The van der Waals surface area contributed by atoms with E-state index in [9.17, 15) is 0 Å². The molecule has 0 saturated heterocycles. The van der Waals surface area contributed by atoms with Crippen molar-refractivity contribution in [3.8, 4) is 11.1 Å². The third kappa shape index (κ3) is 4.75. The molecule has 0 spiro atoms. The lowest BCUT2D eigenvalue weighted by Gasteiger charge is -2.25. The Morgan fingerprint density at radius 2 is 0.864 bits per heavy atom. The van der Waals surface area contributed by atoms with Crippen LogP contribution in [0.25, 0.3) is 11.1 Å². The SMILES string of the molecule is C[Si](C)(C)Nc1ccccc1-c1ccccc1N[Si](C)(C)C. The predicted octanol–water partition coefficient (Wildman–Crippen LogP) is 5.85. The van der Waals surface area contributed by atoms with E-state index < -0.39 is 16.5 Å². The van der Waals surface area contributed by atoms with Crippen molar-refractivity contribution >= 4 is 27.8 Å². The summed E-state index contributed by atoms with van der Waals surface area (Å²) in [6.45, 7) is 14.0. The molecule has 0 aromatic heterocycles. The van der Waals surface area contributed by atoms with Crippen molar-refractivity contribution in [2.45, 2.75) is 39.3 Å². The molecule has 0 amide bonds. The van der Waals surface area contributed by atoms with Crippen LogP contribution in [0, 0.1) is 0 Å². The van der Waals surface area contributed by atoms with Gasteiger partial charge in [-0.25, -0.2) is 0 Å². The van der Waals surface area contributed by atoms with E-state index in [1.807, 2.05) is 0 Å². The highest BCUT2D eigenvalue weighted by molar-refractivity contribution is 6.79. The molecule has 4 heteroatoms. The van der Waals surface area contributed by atoms with Crippen LogP contribution in [0.5, 0.6) is 0 Å². The van der Waals surface area contributed by atoms with Crippen LogP contribution < -0.4 is 9.96 Å². The molecule has 2 nitrogen and oxygen atoms in total. The second-order valence-electron chi connectivity index (χ2n) is 7.84. The predicted molar refractivity (Wildman–Crippen MR) is 106 cm³/mol. The van der Waals surface area contributed by atoms with Gasteiger partial charge in [0.1, 0.15) is 16.5 Å². The van der Waals surface area contributed by atoms with E-state index in [2.05, 4.69) is 97.8 Å². The maximum Gasteiger partial charge on any atom is 0.144 e. The highest BCUT2D eigenvalue weighted by Gasteiger charge is 2.19. The Hall–Kier alpha value is -1.53. The Morgan fingerprint density at radius 3 is 1.18 bits per heavy atom. The Morgan fingerprint density at radius 1 is 0.545 bits per heavy atom. The van der Waals surface area contributed by atoms with E-state index in [-0.39, 0.29) is 0 Å². The molecule has 0 bridgehead atoms. The molecule has 0 radical (unpaired) electrons. The molecular weight excluding hydrogens is 300 g/mol. The summed E-state index contributed by atoms with van der Waals surface area (Å²) < 4.78 is 0. The largest absolute Gasteiger partial charge is 0.410 e. The standard InChI is InChI=1S/C18H28N2Si2/c1-21(2,3)19-17-13-9-7-11-15(17)16-12-8-10-14-18(16)20-22(4,5)6/h7-14,19-20H,1-6H3. The van der Waals surface area contributed by atoms with E-state index in [1.165, 1.54) is 22.5 Å². The fourth-order valence-corrected chi connectivity index (χ4v) is 4.51. The van der Waals surface area contributed by atoms with Gasteiger partial charge >= 0.3 is 0 Å². The molecule has 118 valence electrons.